The van der Waals surface area contributed by atoms with Gasteiger partial charge in [-0.2, -0.15) is 0 Å². The summed E-state index contributed by atoms with van der Waals surface area (Å²) in [5, 5.41) is 31.8. The van der Waals surface area contributed by atoms with Crippen LogP contribution in [0.4, 0.5) is 8.78 Å². The van der Waals surface area contributed by atoms with Gasteiger partial charge in [-0.25, -0.2) is 8.78 Å². The van der Waals surface area contributed by atoms with Crippen LogP contribution in [0.25, 0.3) is 0 Å². The van der Waals surface area contributed by atoms with Crippen LogP contribution in [0.5, 0.6) is 28.7 Å². The molecule has 2 unspecified atom stereocenters. The molecular formula is C32H39F2NO13. The van der Waals surface area contributed by atoms with Gasteiger partial charge in [0.05, 0.1) is 40.5 Å². The van der Waals surface area contributed by atoms with Crippen molar-refractivity contribution in [2.24, 2.45) is 11.8 Å². The molecule has 0 bridgehead atoms. The molecule has 264 valence electrons. The van der Waals surface area contributed by atoms with Crippen molar-refractivity contribution < 1.29 is 71.5 Å². The van der Waals surface area contributed by atoms with Crippen LogP contribution in [0, 0.1) is 11.8 Å². The zero-order valence-electron chi connectivity index (χ0n) is 26.7. The van der Waals surface area contributed by atoms with Crippen LogP contribution >= 0.6 is 0 Å². The summed E-state index contributed by atoms with van der Waals surface area (Å²) in [6, 6.07) is 7.02. The molecule has 48 heavy (non-hydrogen) atoms. The number of esters is 1. The molecule has 4 heterocycles. The fourth-order valence-corrected chi connectivity index (χ4v) is 7.15. The molecule has 2 aromatic rings. The Balaban J connectivity index is 0.000000211. The van der Waals surface area contributed by atoms with Gasteiger partial charge in [-0.15, -0.1) is 0 Å². The lowest BCUT2D eigenvalue weighted by Gasteiger charge is -2.48. The number of ether oxygens (including phenoxy) is 9. The third kappa shape index (κ3) is 5.88. The lowest BCUT2D eigenvalue weighted by molar-refractivity contribution is -0.390. The smallest absolute Gasteiger partial charge is 0.310 e. The molecule has 0 spiro atoms. The Labute approximate surface area is 274 Å². The Hall–Kier alpha value is -3.51. The molecule has 3 saturated heterocycles. The van der Waals surface area contributed by atoms with E-state index in [0.717, 1.165) is 16.7 Å². The molecular weight excluding hydrogens is 644 g/mol. The molecule has 1 aliphatic carbocycles. The van der Waals surface area contributed by atoms with E-state index in [9.17, 15) is 28.9 Å². The zero-order chi connectivity index (χ0) is 34.3. The summed E-state index contributed by atoms with van der Waals surface area (Å²) in [4.78, 5) is 12.9. The number of hydrogen-bond donors (Lipinski definition) is 4. The number of nitrogens with one attached hydrogen (secondary N) is 1. The van der Waals surface area contributed by atoms with Gasteiger partial charge in [0.15, 0.2) is 29.3 Å². The Kier molecular flexibility index (Phi) is 9.86. The number of cyclic esters (lactones) is 1. The quantitative estimate of drug-likeness (QED) is 0.244. The van der Waals surface area contributed by atoms with E-state index in [2.05, 4.69) is 5.32 Å². The molecule has 0 radical (unpaired) electrons. The Morgan fingerprint density at radius 2 is 1.62 bits per heavy atom. The highest BCUT2D eigenvalue weighted by molar-refractivity contribution is 5.79. The Morgan fingerprint density at radius 3 is 2.23 bits per heavy atom. The van der Waals surface area contributed by atoms with Gasteiger partial charge in [-0.05, 0) is 47.9 Å². The summed E-state index contributed by atoms with van der Waals surface area (Å²) in [5.74, 6) is -1.26. The minimum absolute atomic E-state index is 0.0674. The van der Waals surface area contributed by atoms with Crippen molar-refractivity contribution in [2.75, 3.05) is 54.8 Å². The predicted molar refractivity (Wildman–Crippen MR) is 158 cm³/mol. The molecule has 0 aromatic heterocycles. The third-order valence-electron chi connectivity index (χ3n) is 9.41. The van der Waals surface area contributed by atoms with Crippen LogP contribution in [0.2, 0.25) is 0 Å². The molecule has 0 saturated carbocycles. The Morgan fingerprint density at radius 1 is 0.958 bits per heavy atom. The fraction of sp³-hybridized carbons (Fsp3) is 0.594. The first kappa shape index (κ1) is 34.4. The largest absolute Gasteiger partial charge is 0.493 e. The minimum atomic E-state index is -2.39. The van der Waals surface area contributed by atoms with Gasteiger partial charge in [0.2, 0.25) is 18.3 Å². The summed E-state index contributed by atoms with van der Waals surface area (Å²) >= 11 is 0. The van der Waals surface area contributed by atoms with E-state index in [1.54, 1.807) is 21.1 Å². The molecule has 0 amide bonds. The molecule has 2 aromatic carbocycles. The average Bonchev–Trinajstić information content (AvgIpc) is 3.72. The third-order valence-corrected chi connectivity index (χ3v) is 9.41. The molecule has 16 heteroatoms. The minimum Gasteiger partial charge on any atom is -0.493 e. The van der Waals surface area contributed by atoms with Crippen molar-refractivity contribution in [3.8, 4) is 28.7 Å². The standard InChI is InChI=1S/C23H24FNO7.C9H15FO6/c1-27-17-4-11(5-18(28-2)22(17)29-3)19-12-6-15-16(32-10-31-15)7-13(12)21(25-9-24)14-8-30-23(26)20(14)19;1-4-14-2-5-7(15-4)6(11)8(12)9(13,3-10)16-5/h4-7,14,19-21,25H,8-10H2,1-3H3;4-8,11-13H,2-3H2,1H3/t14?,19-,20+,21-;4?,5-,6+,7-,8-,9+/m11/s1. The van der Waals surface area contributed by atoms with Gasteiger partial charge < -0.3 is 58.0 Å². The molecule has 3 fully saturated rings. The van der Waals surface area contributed by atoms with E-state index in [1.165, 1.54) is 7.11 Å². The van der Waals surface area contributed by atoms with Crippen LogP contribution in [-0.2, 0) is 23.7 Å². The number of benzene rings is 2. The van der Waals surface area contributed by atoms with Crippen molar-refractivity contribution in [3.05, 3.63) is 41.0 Å². The van der Waals surface area contributed by atoms with E-state index in [0.29, 0.717) is 28.7 Å². The van der Waals surface area contributed by atoms with E-state index in [-0.39, 0.29) is 37.8 Å². The van der Waals surface area contributed by atoms with Crippen molar-refractivity contribution in [3.63, 3.8) is 0 Å². The van der Waals surface area contributed by atoms with Gasteiger partial charge in [0.25, 0.3) is 0 Å². The highest BCUT2D eigenvalue weighted by Crippen LogP contribution is 2.55. The predicted octanol–water partition coefficient (Wildman–Crippen LogP) is 1.46. The highest BCUT2D eigenvalue weighted by atomic mass is 19.1. The number of carbonyl (C=O) groups excluding carboxylic acids is 1. The monoisotopic (exact) mass is 683 g/mol. The summed E-state index contributed by atoms with van der Waals surface area (Å²) in [6.07, 6.45) is -5.32. The number of aliphatic hydroxyl groups is 3. The zero-order valence-corrected chi connectivity index (χ0v) is 26.7. The number of alkyl halides is 2. The molecule has 7 rings (SSSR count). The number of hydrogen-bond acceptors (Lipinski definition) is 14. The van der Waals surface area contributed by atoms with E-state index < -0.39 is 61.9 Å². The van der Waals surface area contributed by atoms with Crippen LogP contribution in [0.1, 0.15) is 35.6 Å². The van der Waals surface area contributed by atoms with Crippen molar-refractivity contribution >= 4 is 5.97 Å². The SMILES string of the molecule is CC1OC[C@H]2O[C@@](O)(CF)[C@H](O)[C@@H](O)[C@@H]2O1.COc1cc([C@@H]2c3cc4c(cc3[C@@H](NCF)C3COC(=O)[C@@H]32)OCO4)cc(OC)c1OC. The molecule has 14 nitrogen and oxygen atoms in total. The lowest BCUT2D eigenvalue weighted by Crippen LogP contribution is -2.68. The van der Waals surface area contributed by atoms with Crippen LogP contribution in [-0.4, -0.2) is 113 Å². The molecule has 10 atom stereocenters. The topological polar surface area (TPSA) is 173 Å². The highest BCUT2D eigenvalue weighted by Gasteiger charge is 2.56. The second-order valence-corrected chi connectivity index (χ2v) is 12.0. The maximum atomic E-state index is 13.5. The number of methoxy groups -OCH3 is 3. The number of halogens is 2. The molecule has 4 aliphatic heterocycles. The number of rotatable bonds is 7. The fourth-order valence-electron chi connectivity index (χ4n) is 7.15. The first-order valence-corrected chi connectivity index (χ1v) is 15.4. The Bertz CT molecular complexity index is 1470. The molecule has 4 N–H and O–H groups in total. The summed E-state index contributed by atoms with van der Waals surface area (Å²) in [5.41, 5.74) is 2.49. The number of carbonyl (C=O) groups is 1. The van der Waals surface area contributed by atoms with E-state index >= 15 is 0 Å². The summed E-state index contributed by atoms with van der Waals surface area (Å²) < 4.78 is 74.5. The van der Waals surface area contributed by atoms with E-state index in [1.807, 2.05) is 24.3 Å². The van der Waals surface area contributed by atoms with Crippen LogP contribution < -0.4 is 29.0 Å². The number of fused-ring (bicyclic) bond motifs is 4. The van der Waals surface area contributed by atoms with Gasteiger partial charge in [-0.1, -0.05) is 0 Å². The normalized spacial score (nSPS) is 34.5. The molecule has 5 aliphatic rings. The summed E-state index contributed by atoms with van der Waals surface area (Å²) in [7, 11) is 4.62. The van der Waals surface area contributed by atoms with E-state index in [4.69, 9.17) is 42.6 Å². The van der Waals surface area contributed by atoms with Gasteiger partial charge in [0, 0.05) is 17.9 Å². The van der Waals surface area contributed by atoms with Crippen molar-refractivity contribution in [1.29, 1.82) is 0 Å². The number of aliphatic hydroxyl groups excluding tert-OH is 2. The van der Waals surface area contributed by atoms with Crippen LogP contribution in [0.3, 0.4) is 0 Å². The van der Waals surface area contributed by atoms with Gasteiger partial charge in [0.1, 0.15) is 37.9 Å². The summed E-state index contributed by atoms with van der Waals surface area (Å²) in [6.45, 7) is -0.0306. The second-order valence-electron chi connectivity index (χ2n) is 12.0. The second kappa shape index (κ2) is 13.8. The first-order chi connectivity index (χ1) is 23.1. The maximum absolute atomic E-state index is 13.5. The average molecular weight is 684 g/mol. The lowest BCUT2D eigenvalue weighted by atomic mass is 9.65. The van der Waals surface area contributed by atoms with Gasteiger partial charge >= 0.3 is 5.97 Å². The van der Waals surface area contributed by atoms with Gasteiger partial charge in [-0.3, -0.25) is 10.1 Å². The van der Waals surface area contributed by atoms with Crippen molar-refractivity contribution in [2.45, 2.75) is 55.4 Å². The van der Waals surface area contributed by atoms with Crippen molar-refractivity contribution in [1.82, 2.24) is 5.32 Å². The first-order valence-electron chi connectivity index (χ1n) is 15.4. The van der Waals surface area contributed by atoms with Crippen LogP contribution in [0.15, 0.2) is 24.3 Å². The maximum Gasteiger partial charge on any atom is 0.310 e.